The van der Waals surface area contributed by atoms with Gasteiger partial charge in [0.1, 0.15) is 6.10 Å². The molecule has 0 aromatic carbocycles. The van der Waals surface area contributed by atoms with E-state index in [4.69, 9.17) is 14.2 Å². The van der Waals surface area contributed by atoms with E-state index in [0.29, 0.717) is 11.1 Å². The molecule has 0 radical (unpaired) electrons. The van der Waals surface area contributed by atoms with Gasteiger partial charge in [-0.15, -0.1) is 0 Å². The fourth-order valence-electron chi connectivity index (χ4n) is 3.79. The third-order valence-corrected chi connectivity index (χ3v) is 4.93. The highest BCUT2D eigenvalue weighted by Gasteiger charge is 2.47. The smallest absolute Gasteiger partial charge is 0.338 e. The first-order valence-corrected chi connectivity index (χ1v) is 7.80. The molecule has 2 heterocycles. The SMILES string of the molecule is CC1=CC(OC=C2C(=O)O[C@@H]3C4=C(CCCC4)C[C@H]23)OC1=O. The topological polar surface area (TPSA) is 61.8 Å². The molecule has 22 heavy (non-hydrogen) atoms. The molecule has 3 atom stereocenters. The molecule has 5 nitrogen and oxygen atoms in total. The second kappa shape index (κ2) is 5.00. The molecule has 2 aliphatic heterocycles. The Morgan fingerprint density at radius 1 is 1.18 bits per heavy atom. The maximum absolute atomic E-state index is 12.1. The van der Waals surface area contributed by atoms with Gasteiger partial charge in [-0.3, -0.25) is 0 Å². The predicted molar refractivity (Wildman–Crippen MR) is 76.3 cm³/mol. The van der Waals surface area contributed by atoms with Gasteiger partial charge in [-0.05, 0) is 44.6 Å². The minimum absolute atomic E-state index is 0.0674. The van der Waals surface area contributed by atoms with E-state index in [0.717, 1.165) is 19.3 Å². The summed E-state index contributed by atoms with van der Waals surface area (Å²) in [5.74, 6) is -0.622. The highest BCUT2D eigenvalue weighted by atomic mass is 16.7. The largest absolute Gasteiger partial charge is 0.458 e. The number of hydrogen-bond acceptors (Lipinski definition) is 5. The van der Waals surface area contributed by atoms with Crippen LogP contribution in [0, 0.1) is 5.92 Å². The van der Waals surface area contributed by atoms with Crippen LogP contribution in [0.3, 0.4) is 0 Å². The Balaban J connectivity index is 1.50. The van der Waals surface area contributed by atoms with Crippen molar-refractivity contribution in [3.63, 3.8) is 0 Å². The third-order valence-electron chi connectivity index (χ3n) is 4.93. The summed E-state index contributed by atoms with van der Waals surface area (Å²) in [6, 6.07) is 0. The maximum atomic E-state index is 12.1. The molecule has 116 valence electrons. The average molecular weight is 302 g/mol. The van der Waals surface area contributed by atoms with Gasteiger partial charge in [-0.2, -0.15) is 0 Å². The van der Waals surface area contributed by atoms with Crippen molar-refractivity contribution >= 4 is 11.9 Å². The van der Waals surface area contributed by atoms with E-state index >= 15 is 0 Å². The Kier molecular flexibility index (Phi) is 3.10. The Bertz CT molecular complexity index is 639. The molecule has 5 heteroatoms. The lowest BCUT2D eigenvalue weighted by Crippen LogP contribution is -2.14. The lowest BCUT2D eigenvalue weighted by atomic mass is 9.93. The minimum Gasteiger partial charge on any atom is -0.458 e. The van der Waals surface area contributed by atoms with E-state index in [2.05, 4.69) is 0 Å². The van der Waals surface area contributed by atoms with E-state index < -0.39 is 6.29 Å². The second-order valence-electron chi connectivity index (χ2n) is 6.31. The van der Waals surface area contributed by atoms with Crippen LogP contribution in [0.4, 0.5) is 0 Å². The van der Waals surface area contributed by atoms with Gasteiger partial charge in [-0.25, -0.2) is 9.59 Å². The van der Waals surface area contributed by atoms with E-state index in [-0.39, 0.29) is 24.0 Å². The molecular formula is C17H18O5. The molecular weight excluding hydrogens is 284 g/mol. The number of rotatable bonds is 2. The third kappa shape index (κ3) is 2.07. The summed E-state index contributed by atoms with van der Waals surface area (Å²) in [7, 11) is 0. The van der Waals surface area contributed by atoms with Gasteiger partial charge in [-0.1, -0.05) is 5.57 Å². The number of carbonyl (C=O) groups is 2. The molecule has 4 aliphatic rings. The van der Waals surface area contributed by atoms with E-state index in [1.807, 2.05) is 0 Å². The fourth-order valence-corrected chi connectivity index (χ4v) is 3.79. The summed E-state index contributed by atoms with van der Waals surface area (Å²) in [5, 5.41) is 0. The van der Waals surface area contributed by atoms with Crippen LogP contribution in [-0.2, 0) is 23.8 Å². The van der Waals surface area contributed by atoms with Gasteiger partial charge >= 0.3 is 11.9 Å². The average Bonchev–Trinajstić information content (AvgIpc) is 3.10. The minimum atomic E-state index is -0.740. The highest BCUT2D eigenvalue weighted by Crippen LogP contribution is 2.48. The summed E-state index contributed by atoms with van der Waals surface area (Å²) in [6.45, 7) is 1.67. The van der Waals surface area contributed by atoms with Crippen molar-refractivity contribution in [2.24, 2.45) is 5.92 Å². The normalized spacial score (nSPS) is 35.2. The van der Waals surface area contributed by atoms with Crippen LogP contribution in [0.25, 0.3) is 0 Å². The first-order valence-electron chi connectivity index (χ1n) is 7.80. The first-order chi connectivity index (χ1) is 10.6. The van der Waals surface area contributed by atoms with Gasteiger partial charge in [0.05, 0.1) is 11.8 Å². The highest BCUT2D eigenvalue weighted by molar-refractivity contribution is 5.92. The van der Waals surface area contributed by atoms with Crippen LogP contribution in [0.5, 0.6) is 0 Å². The molecule has 1 fully saturated rings. The van der Waals surface area contributed by atoms with Gasteiger partial charge in [0, 0.05) is 17.6 Å². The molecule has 0 amide bonds. The van der Waals surface area contributed by atoms with Crippen LogP contribution in [0.2, 0.25) is 0 Å². The molecule has 2 aliphatic carbocycles. The van der Waals surface area contributed by atoms with Crippen molar-refractivity contribution in [3.8, 4) is 0 Å². The Morgan fingerprint density at radius 2 is 2.00 bits per heavy atom. The fraction of sp³-hybridized carbons (Fsp3) is 0.529. The standard InChI is InChI=1S/C17H18O5/c1-9-6-14(21-16(9)18)20-8-13-12-7-10-4-2-3-5-11(10)15(12)22-17(13)19/h6,8,12,14-15H,2-5,7H2,1H3/t12-,14?,15-/m1/s1. The summed E-state index contributed by atoms with van der Waals surface area (Å²) >= 11 is 0. The number of hydrogen-bond donors (Lipinski definition) is 0. The molecule has 1 unspecified atom stereocenters. The van der Waals surface area contributed by atoms with Crippen LogP contribution < -0.4 is 0 Å². The summed E-state index contributed by atoms with van der Waals surface area (Å²) in [5.41, 5.74) is 3.88. The number of fused-ring (bicyclic) bond motifs is 2. The monoisotopic (exact) mass is 302 g/mol. The zero-order valence-corrected chi connectivity index (χ0v) is 12.5. The number of cyclic esters (lactones) is 1. The molecule has 0 spiro atoms. The van der Waals surface area contributed by atoms with Crippen molar-refractivity contribution in [1.82, 2.24) is 0 Å². The van der Waals surface area contributed by atoms with E-state index in [1.54, 1.807) is 13.0 Å². The van der Waals surface area contributed by atoms with Crippen LogP contribution in [0.1, 0.15) is 39.0 Å². The first kappa shape index (κ1) is 13.6. The second-order valence-corrected chi connectivity index (χ2v) is 6.31. The maximum Gasteiger partial charge on any atom is 0.338 e. The molecule has 1 saturated heterocycles. The summed E-state index contributed by atoms with van der Waals surface area (Å²) < 4.78 is 16.0. The number of ether oxygens (including phenoxy) is 3. The number of carbonyl (C=O) groups excluding carboxylic acids is 2. The Morgan fingerprint density at radius 3 is 2.77 bits per heavy atom. The zero-order valence-electron chi connectivity index (χ0n) is 12.5. The van der Waals surface area contributed by atoms with Crippen molar-refractivity contribution in [2.45, 2.75) is 51.4 Å². The predicted octanol–water partition coefficient (Wildman–Crippen LogP) is 2.53. The molecule has 0 N–H and O–H groups in total. The lowest BCUT2D eigenvalue weighted by Gasteiger charge is -2.17. The number of esters is 2. The van der Waals surface area contributed by atoms with Gasteiger partial charge in [0.2, 0.25) is 0 Å². The van der Waals surface area contributed by atoms with Gasteiger partial charge in [0.25, 0.3) is 6.29 Å². The zero-order chi connectivity index (χ0) is 15.3. The van der Waals surface area contributed by atoms with Crippen molar-refractivity contribution in [3.05, 3.63) is 34.6 Å². The van der Waals surface area contributed by atoms with Crippen LogP contribution in [-0.4, -0.2) is 24.3 Å². The molecule has 4 rings (SSSR count). The molecule has 0 aromatic rings. The van der Waals surface area contributed by atoms with Crippen molar-refractivity contribution in [1.29, 1.82) is 0 Å². The van der Waals surface area contributed by atoms with Gasteiger partial charge in [0.15, 0.2) is 0 Å². The molecule has 0 aromatic heterocycles. The van der Waals surface area contributed by atoms with Gasteiger partial charge < -0.3 is 14.2 Å². The summed E-state index contributed by atoms with van der Waals surface area (Å²) in [4.78, 5) is 23.4. The molecule has 0 saturated carbocycles. The van der Waals surface area contributed by atoms with Crippen LogP contribution in [0.15, 0.2) is 34.6 Å². The summed E-state index contributed by atoms with van der Waals surface area (Å²) in [6.07, 6.45) is 7.66. The lowest BCUT2D eigenvalue weighted by molar-refractivity contribution is -0.152. The van der Waals surface area contributed by atoms with Crippen molar-refractivity contribution < 1.29 is 23.8 Å². The quantitative estimate of drug-likeness (QED) is 0.339. The molecule has 0 bridgehead atoms. The van der Waals surface area contributed by atoms with Crippen molar-refractivity contribution in [2.75, 3.05) is 0 Å². The number of allylic oxidation sites excluding steroid dienone is 1. The Hall–Kier alpha value is -2.04. The van der Waals surface area contributed by atoms with Crippen LogP contribution >= 0.6 is 0 Å². The van der Waals surface area contributed by atoms with E-state index in [9.17, 15) is 9.59 Å². The Labute approximate surface area is 128 Å². The van der Waals surface area contributed by atoms with E-state index in [1.165, 1.54) is 30.2 Å².